The lowest BCUT2D eigenvalue weighted by atomic mass is 10.1. The minimum absolute atomic E-state index is 0.132. The van der Waals surface area contributed by atoms with Gasteiger partial charge in [-0.05, 0) is 30.0 Å². The summed E-state index contributed by atoms with van der Waals surface area (Å²) >= 11 is 1.83. The topological polar surface area (TPSA) is 35.2 Å². The lowest BCUT2D eigenvalue weighted by Crippen LogP contribution is -2.17. The molecule has 1 aliphatic rings. The molecule has 1 fully saturated rings. The Labute approximate surface area is 106 Å². The monoisotopic (exact) mass is 255 g/mol. The summed E-state index contributed by atoms with van der Waals surface area (Å²) in [5.41, 5.74) is 7.10. The molecule has 0 atom stereocenters. The van der Waals surface area contributed by atoms with Gasteiger partial charge in [-0.25, -0.2) is 4.39 Å². The van der Waals surface area contributed by atoms with Crippen molar-refractivity contribution < 1.29 is 9.13 Å². The van der Waals surface area contributed by atoms with Crippen LogP contribution in [0.15, 0.2) is 18.2 Å². The third-order valence-corrected chi connectivity index (χ3v) is 4.42. The van der Waals surface area contributed by atoms with Gasteiger partial charge in [0.2, 0.25) is 0 Å². The first-order chi connectivity index (χ1) is 8.29. The molecule has 17 heavy (non-hydrogen) atoms. The van der Waals surface area contributed by atoms with E-state index in [-0.39, 0.29) is 5.82 Å². The first-order valence-corrected chi connectivity index (χ1v) is 7.01. The lowest BCUT2D eigenvalue weighted by molar-refractivity contribution is 0.1000. The Bertz CT molecular complexity index is 366. The fraction of sp³-hybridized carbons (Fsp3) is 0.538. The molecular weight excluding hydrogens is 237 g/mol. The highest BCUT2D eigenvalue weighted by Crippen LogP contribution is 2.26. The van der Waals surface area contributed by atoms with Crippen LogP contribution >= 0.6 is 11.8 Å². The summed E-state index contributed by atoms with van der Waals surface area (Å²) in [4.78, 5) is 0. The predicted molar refractivity (Wildman–Crippen MR) is 69.4 cm³/mol. The average Bonchev–Trinajstić information content (AvgIpc) is 2.38. The number of benzene rings is 1. The van der Waals surface area contributed by atoms with Gasteiger partial charge >= 0.3 is 0 Å². The highest BCUT2D eigenvalue weighted by atomic mass is 32.2. The first kappa shape index (κ1) is 12.9. The number of hydrogen-bond donors (Lipinski definition) is 1. The van der Waals surface area contributed by atoms with Crippen LogP contribution in [0.4, 0.5) is 4.39 Å². The van der Waals surface area contributed by atoms with Crippen molar-refractivity contribution in [2.45, 2.75) is 30.4 Å². The smallest absolute Gasteiger partial charge is 0.127 e. The van der Waals surface area contributed by atoms with Gasteiger partial charge in [-0.1, -0.05) is 12.1 Å². The summed E-state index contributed by atoms with van der Waals surface area (Å²) in [6, 6.07) is 5.30. The average molecular weight is 255 g/mol. The third kappa shape index (κ3) is 3.69. The predicted octanol–water partition coefficient (Wildman–Crippen LogP) is 2.70. The van der Waals surface area contributed by atoms with Gasteiger partial charge in [-0.15, -0.1) is 0 Å². The highest BCUT2D eigenvalue weighted by Gasteiger charge is 2.15. The zero-order valence-electron chi connectivity index (χ0n) is 9.82. The Hall–Kier alpha value is -0.580. The molecule has 0 saturated carbocycles. The van der Waals surface area contributed by atoms with Crippen LogP contribution in [0, 0.1) is 5.82 Å². The summed E-state index contributed by atoms with van der Waals surface area (Å²) in [6.45, 7) is 2.07. The van der Waals surface area contributed by atoms with E-state index in [4.69, 9.17) is 10.5 Å². The zero-order valence-corrected chi connectivity index (χ0v) is 10.6. The number of halogens is 1. The minimum Gasteiger partial charge on any atom is -0.381 e. The molecule has 2 nitrogen and oxygen atoms in total. The van der Waals surface area contributed by atoms with Gasteiger partial charge in [0.25, 0.3) is 0 Å². The molecule has 1 aliphatic heterocycles. The van der Waals surface area contributed by atoms with Gasteiger partial charge in [0.1, 0.15) is 5.82 Å². The molecule has 0 aromatic heterocycles. The maximum atomic E-state index is 13.7. The number of hydrogen-bond acceptors (Lipinski definition) is 3. The molecule has 4 heteroatoms. The molecule has 0 amide bonds. The molecule has 0 unspecified atom stereocenters. The standard InChI is InChI=1S/C13H18FNOS/c14-13-7-10(8-15)1-2-11(13)9-17-12-3-5-16-6-4-12/h1-2,7,12H,3-6,8-9,15H2. The van der Waals surface area contributed by atoms with Crippen LogP contribution in [0.2, 0.25) is 0 Å². The molecule has 94 valence electrons. The molecule has 0 spiro atoms. The molecule has 0 aliphatic carbocycles. The van der Waals surface area contributed by atoms with Crippen molar-refractivity contribution in [1.29, 1.82) is 0 Å². The van der Waals surface area contributed by atoms with Crippen LogP contribution in [0.25, 0.3) is 0 Å². The van der Waals surface area contributed by atoms with Gasteiger partial charge in [0.05, 0.1) is 0 Å². The Morgan fingerprint density at radius 3 is 2.76 bits per heavy atom. The van der Waals surface area contributed by atoms with Gasteiger partial charge in [-0.2, -0.15) is 11.8 Å². The van der Waals surface area contributed by atoms with E-state index < -0.39 is 0 Å². The van der Waals surface area contributed by atoms with E-state index in [1.807, 2.05) is 23.9 Å². The maximum absolute atomic E-state index is 13.7. The van der Waals surface area contributed by atoms with Crippen LogP contribution < -0.4 is 5.73 Å². The molecule has 1 saturated heterocycles. The van der Waals surface area contributed by atoms with Crippen molar-refractivity contribution in [2.75, 3.05) is 13.2 Å². The van der Waals surface area contributed by atoms with Crippen LogP contribution in [0.5, 0.6) is 0 Å². The van der Waals surface area contributed by atoms with Crippen molar-refractivity contribution in [1.82, 2.24) is 0 Å². The molecular formula is C13H18FNOS. The molecule has 1 aromatic carbocycles. The van der Waals surface area contributed by atoms with Crippen LogP contribution in [-0.2, 0) is 17.0 Å². The second kappa shape index (κ2) is 6.38. The van der Waals surface area contributed by atoms with Gasteiger partial charge < -0.3 is 10.5 Å². The normalized spacial score (nSPS) is 17.3. The fourth-order valence-corrected chi connectivity index (χ4v) is 3.06. The Kier molecular flexibility index (Phi) is 4.83. The van der Waals surface area contributed by atoms with Gasteiger partial charge in [0.15, 0.2) is 0 Å². The summed E-state index contributed by atoms with van der Waals surface area (Å²) in [7, 11) is 0. The number of thioether (sulfide) groups is 1. The number of rotatable bonds is 4. The number of ether oxygens (including phenoxy) is 1. The Balaban J connectivity index is 1.89. The molecule has 1 heterocycles. The van der Waals surface area contributed by atoms with Crippen molar-refractivity contribution in [2.24, 2.45) is 5.73 Å². The minimum atomic E-state index is -0.132. The summed E-state index contributed by atoms with van der Waals surface area (Å²) in [5, 5.41) is 0.609. The quantitative estimate of drug-likeness (QED) is 0.898. The molecule has 2 rings (SSSR count). The Morgan fingerprint density at radius 2 is 2.12 bits per heavy atom. The third-order valence-electron chi connectivity index (χ3n) is 3.00. The van der Waals surface area contributed by atoms with E-state index in [1.54, 1.807) is 6.07 Å². The van der Waals surface area contributed by atoms with E-state index in [0.29, 0.717) is 11.8 Å². The summed E-state index contributed by atoms with van der Waals surface area (Å²) in [6.07, 6.45) is 2.15. The second-order valence-electron chi connectivity index (χ2n) is 4.25. The zero-order chi connectivity index (χ0) is 12.1. The van der Waals surface area contributed by atoms with E-state index in [0.717, 1.165) is 42.9 Å². The number of nitrogens with two attached hydrogens (primary N) is 1. The van der Waals surface area contributed by atoms with Crippen molar-refractivity contribution in [3.63, 3.8) is 0 Å². The van der Waals surface area contributed by atoms with Crippen molar-refractivity contribution in [3.05, 3.63) is 35.1 Å². The van der Waals surface area contributed by atoms with Gasteiger partial charge in [-0.3, -0.25) is 0 Å². The molecule has 0 bridgehead atoms. The second-order valence-corrected chi connectivity index (χ2v) is 5.54. The summed E-state index contributed by atoms with van der Waals surface area (Å²) in [5.74, 6) is 0.606. The summed E-state index contributed by atoms with van der Waals surface area (Å²) < 4.78 is 19.0. The highest BCUT2D eigenvalue weighted by molar-refractivity contribution is 7.99. The molecule has 2 N–H and O–H groups in total. The van der Waals surface area contributed by atoms with E-state index in [1.165, 1.54) is 0 Å². The van der Waals surface area contributed by atoms with Crippen LogP contribution in [-0.4, -0.2) is 18.5 Å². The largest absolute Gasteiger partial charge is 0.381 e. The van der Waals surface area contributed by atoms with Crippen LogP contribution in [0.3, 0.4) is 0 Å². The van der Waals surface area contributed by atoms with Crippen molar-refractivity contribution in [3.8, 4) is 0 Å². The van der Waals surface area contributed by atoms with E-state index >= 15 is 0 Å². The van der Waals surface area contributed by atoms with Gasteiger partial charge in [0, 0.05) is 30.8 Å². The fourth-order valence-electron chi connectivity index (χ4n) is 1.89. The Morgan fingerprint density at radius 1 is 1.35 bits per heavy atom. The maximum Gasteiger partial charge on any atom is 0.127 e. The first-order valence-electron chi connectivity index (χ1n) is 5.96. The molecule has 0 radical (unpaired) electrons. The SMILES string of the molecule is NCc1ccc(CSC2CCOCC2)c(F)c1. The van der Waals surface area contributed by atoms with Crippen molar-refractivity contribution >= 4 is 11.8 Å². The lowest BCUT2D eigenvalue weighted by Gasteiger charge is -2.21. The van der Waals surface area contributed by atoms with E-state index in [9.17, 15) is 4.39 Å². The molecule has 1 aromatic rings. The van der Waals surface area contributed by atoms with E-state index in [2.05, 4.69) is 0 Å². The van der Waals surface area contributed by atoms with Crippen LogP contribution in [0.1, 0.15) is 24.0 Å².